The molecule has 110 valence electrons. The lowest BCUT2D eigenvalue weighted by atomic mass is 9.84. The number of amides is 1. The van der Waals surface area contributed by atoms with Crippen LogP contribution in [0.1, 0.15) is 25.0 Å². The number of carbonyl (C=O) groups excluding carboxylic acids is 1. The number of benzene rings is 2. The van der Waals surface area contributed by atoms with Gasteiger partial charge in [-0.3, -0.25) is 9.63 Å². The van der Waals surface area contributed by atoms with Gasteiger partial charge in [-0.2, -0.15) is 0 Å². The van der Waals surface area contributed by atoms with Crippen LogP contribution in [-0.4, -0.2) is 5.91 Å². The Hall–Kier alpha value is -1.84. The summed E-state index contributed by atoms with van der Waals surface area (Å²) >= 11 is 6.03. The van der Waals surface area contributed by atoms with Crippen LogP contribution in [0, 0.1) is 0 Å². The summed E-state index contributed by atoms with van der Waals surface area (Å²) in [6, 6.07) is 17.0. The molecule has 21 heavy (non-hydrogen) atoms. The second kappa shape index (κ2) is 6.74. The molecule has 0 saturated carbocycles. The first-order chi connectivity index (χ1) is 10.0. The molecule has 0 heterocycles. The van der Waals surface area contributed by atoms with Crippen molar-refractivity contribution in [2.24, 2.45) is 0 Å². The van der Waals surface area contributed by atoms with Gasteiger partial charge in [-0.15, -0.1) is 0 Å². The third-order valence-electron chi connectivity index (χ3n) is 3.41. The Morgan fingerprint density at radius 2 is 1.71 bits per heavy atom. The molecule has 0 aliphatic carbocycles. The summed E-state index contributed by atoms with van der Waals surface area (Å²) in [5.41, 5.74) is 3.60. The molecule has 0 radical (unpaired) electrons. The van der Waals surface area contributed by atoms with Crippen molar-refractivity contribution in [1.82, 2.24) is 5.48 Å². The van der Waals surface area contributed by atoms with Crippen molar-refractivity contribution in [1.29, 1.82) is 0 Å². The molecule has 1 N–H and O–H groups in total. The average molecular weight is 304 g/mol. The average Bonchev–Trinajstić information content (AvgIpc) is 2.50. The zero-order valence-electron chi connectivity index (χ0n) is 12.1. The van der Waals surface area contributed by atoms with Crippen molar-refractivity contribution in [3.05, 3.63) is 70.7 Å². The Morgan fingerprint density at radius 1 is 1.10 bits per heavy atom. The fourth-order valence-corrected chi connectivity index (χ4v) is 2.10. The number of nitrogens with one attached hydrogen (secondary N) is 1. The van der Waals surface area contributed by atoms with Gasteiger partial charge in [-0.05, 0) is 31.0 Å². The number of carbonyl (C=O) groups is 1. The molecule has 2 aromatic rings. The van der Waals surface area contributed by atoms with E-state index in [1.165, 1.54) is 0 Å². The van der Waals surface area contributed by atoms with Crippen molar-refractivity contribution in [2.45, 2.75) is 25.9 Å². The van der Waals surface area contributed by atoms with Crippen molar-refractivity contribution in [3.8, 4) is 0 Å². The van der Waals surface area contributed by atoms with Crippen LogP contribution in [0.5, 0.6) is 0 Å². The summed E-state index contributed by atoms with van der Waals surface area (Å²) in [7, 11) is 0. The Morgan fingerprint density at radius 3 is 2.38 bits per heavy atom. The van der Waals surface area contributed by atoms with E-state index in [9.17, 15) is 4.79 Å². The molecular formula is C17H18ClNO2. The van der Waals surface area contributed by atoms with E-state index in [2.05, 4.69) is 5.48 Å². The number of halogens is 1. The second-order valence-corrected chi connectivity index (χ2v) is 5.71. The highest BCUT2D eigenvalue weighted by Gasteiger charge is 2.29. The molecule has 0 saturated heterocycles. The summed E-state index contributed by atoms with van der Waals surface area (Å²) in [4.78, 5) is 17.6. The highest BCUT2D eigenvalue weighted by Crippen LogP contribution is 2.23. The van der Waals surface area contributed by atoms with E-state index in [0.29, 0.717) is 5.02 Å². The van der Waals surface area contributed by atoms with Gasteiger partial charge in [0.25, 0.3) is 5.91 Å². The van der Waals surface area contributed by atoms with Gasteiger partial charge in [0.1, 0.15) is 6.61 Å². The zero-order valence-corrected chi connectivity index (χ0v) is 12.9. The fourth-order valence-electron chi connectivity index (χ4n) is 1.91. The van der Waals surface area contributed by atoms with Gasteiger partial charge >= 0.3 is 0 Å². The van der Waals surface area contributed by atoms with Crippen molar-refractivity contribution >= 4 is 17.5 Å². The molecule has 0 aliphatic rings. The Balaban J connectivity index is 1.94. The lowest BCUT2D eigenvalue weighted by molar-refractivity contribution is -0.139. The van der Waals surface area contributed by atoms with Gasteiger partial charge in [0, 0.05) is 5.02 Å². The number of rotatable bonds is 5. The smallest absolute Gasteiger partial charge is 0.253 e. The maximum Gasteiger partial charge on any atom is 0.253 e. The van der Waals surface area contributed by atoms with Crippen LogP contribution in [0.25, 0.3) is 0 Å². The van der Waals surface area contributed by atoms with Gasteiger partial charge in [-0.25, -0.2) is 5.48 Å². The van der Waals surface area contributed by atoms with Crippen LogP contribution in [0.4, 0.5) is 0 Å². The van der Waals surface area contributed by atoms with Crippen LogP contribution < -0.4 is 5.48 Å². The number of hydroxylamine groups is 1. The van der Waals surface area contributed by atoms with Gasteiger partial charge < -0.3 is 0 Å². The molecule has 0 unspecified atom stereocenters. The summed E-state index contributed by atoms with van der Waals surface area (Å²) in [5, 5.41) is 0.620. The molecule has 2 aromatic carbocycles. The summed E-state index contributed by atoms with van der Waals surface area (Å²) in [6.07, 6.45) is 0. The molecule has 0 spiro atoms. The van der Waals surface area contributed by atoms with Crippen LogP contribution >= 0.6 is 11.6 Å². The van der Waals surface area contributed by atoms with E-state index < -0.39 is 5.41 Å². The van der Waals surface area contributed by atoms with E-state index in [1.54, 1.807) is 6.07 Å². The first-order valence-electron chi connectivity index (χ1n) is 6.73. The van der Waals surface area contributed by atoms with E-state index in [1.807, 2.05) is 62.4 Å². The third kappa shape index (κ3) is 3.84. The first-order valence-corrected chi connectivity index (χ1v) is 7.11. The topological polar surface area (TPSA) is 38.3 Å². The lowest BCUT2D eigenvalue weighted by Crippen LogP contribution is -2.39. The van der Waals surface area contributed by atoms with Gasteiger partial charge in [0.15, 0.2) is 0 Å². The zero-order chi connectivity index (χ0) is 15.3. The second-order valence-electron chi connectivity index (χ2n) is 5.30. The van der Waals surface area contributed by atoms with Gasteiger partial charge in [0.05, 0.1) is 5.41 Å². The van der Waals surface area contributed by atoms with Gasteiger partial charge in [0.2, 0.25) is 0 Å². The molecule has 0 bridgehead atoms. The molecule has 4 heteroatoms. The highest BCUT2D eigenvalue weighted by atomic mass is 35.5. The minimum Gasteiger partial charge on any atom is -0.272 e. The maximum absolute atomic E-state index is 12.3. The highest BCUT2D eigenvalue weighted by molar-refractivity contribution is 6.31. The molecular weight excluding hydrogens is 286 g/mol. The predicted molar refractivity (Wildman–Crippen MR) is 83.9 cm³/mol. The first kappa shape index (κ1) is 15.5. The molecule has 3 nitrogen and oxygen atoms in total. The van der Waals surface area contributed by atoms with Crippen LogP contribution in [0.3, 0.4) is 0 Å². The van der Waals surface area contributed by atoms with Crippen molar-refractivity contribution in [2.75, 3.05) is 0 Å². The molecule has 1 amide bonds. The predicted octanol–water partition coefficient (Wildman–Crippen LogP) is 3.87. The minimum absolute atomic E-state index is 0.194. The van der Waals surface area contributed by atoms with E-state index >= 15 is 0 Å². The van der Waals surface area contributed by atoms with E-state index in [-0.39, 0.29) is 12.5 Å². The number of hydrogen-bond acceptors (Lipinski definition) is 2. The largest absolute Gasteiger partial charge is 0.272 e. The molecule has 2 rings (SSSR count). The SMILES string of the molecule is CC(C)(C(=O)NOCc1ccccc1Cl)c1ccccc1. The third-order valence-corrected chi connectivity index (χ3v) is 3.78. The monoisotopic (exact) mass is 303 g/mol. The molecule has 0 aliphatic heterocycles. The van der Waals surface area contributed by atoms with Crippen LogP contribution in [-0.2, 0) is 21.7 Å². The van der Waals surface area contributed by atoms with Crippen molar-refractivity contribution < 1.29 is 9.63 Å². The lowest BCUT2D eigenvalue weighted by Gasteiger charge is -2.23. The molecule has 0 aromatic heterocycles. The summed E-state index contributed by atoms with van der Waals surface area (Å²) in [5.74, 6) is -0.194. The van der Waals surface area contributed by atoms with E-state index in [4.69, 9.17) is 16.4 Å². The normalized spacial score (nSPS) is 11.2. The maximum atomic E-state index is 12.3. The summed E-state index contributed by atoms with van der Waals surface area (Å²) in [6.45, 7) is 3.95. The standard InChI is InChI=1S/C17H18ClNO2/c1-17(2,14-9-4-3-5-10-14)16(20)19-21-12-13-8-6-7-11-15(13)18/h3-11H,12H2,1-2H3,(H,19,20). The van der Waals surface area contributed by atoms with E-state index in [0.717, 1.165) is 11.1 Å². The molecule has 0 atom stereocenters. The fraction of sp³-hybridized carbons (Fsp3) is 0.235. The van der Waals surface area contributed by atoms with Crippen LogP contribution in [0.2, 0.25) is 5.02 Å². The Kier molecular flexibility index (Phi) is 4.99. The van der Waals surface area contributed by atoms with Crippen LogP contribution in [0.15, 0.2) is 54.6 Å². The number of hydrogen-bond donors (Lipinski definition) is 1. The Labute approximate surface area is 129 Å². The quantitative estimate of drug-likeness (QED) is 0.852. The molecule has 0 fully saturated rings. The van der Waals surface area contributed by atoms with Gasteiger partial charge in [-0.1, -0.05) is 60.1 Å². The van der Waals surface area contributed by atoms with Crippen molar-refractivity contribution in [3.63, 3.8) is 0 Å². The Bertz CT molecular complexity index is 611. The minimum atomic E-state index is -0.665. The summed E-state index contributed by atoms with van der Waals surface area (Å²) < 4.78 is 0.